The number of halogens is 4. The summed E-state index contributed by atoms with van der Waals surface area (Å²) in [6, 6.07) is 0. The van der Waals surface area contributed by atoms with Gasteiger partial charge in [-0.1, -0.05) is 12.8 Å². The third kappa shape index (κ3) is 4.03. The first kappa shape index (κ1) is 14.0. The van der Waals surface area contributed by atoms with Gasteiger partial charge < -0.3 is 4.74 Å². The summed E-state index contributed by atoms with van der Waals surface area (Å²) in [6.07, 6.45) is 2.24. The van der Waals surface area contributed by atoms with Gasteiger partial charge in [0.1, 0.15) is 0 Å². The first-order chi connectivity index (χ1) is 8.44. The molecule has 0 amide bonds. The van der Waals surface area contributed by atoms with E-state index in [1.54, 1.807) is 10.9 Å². The summed E-state index contributed by atoms with van der Waals surface area (Å²) >= 11 is 1.94. The molecule has 0 atom stereocenters. The van der Waals surface area contributed by atoms with E-state index in [2.05, 4.69) is 9.84 Å². The average Bonchev–Trinajstić information content (AvgIpc) is 2.85. The lowest BCUT2D eigenvalue weighted by Crippen LogP contribution is -2.19. The van der Waals surface area contributed by atoms with Crippen molar-refractivity contribution in [3.05, 3.63) is 9.77 Å². The van der Waals surface area contributed by atoms with Gasteiger partial charge in [-0.05, 0) is 41.4 Å². The standard InChI is InChI=1S/C11H14F3IN2O/c12-11(13,14)7-18-10-9(15)6-17(16-10)5-8-3-1-2-4-8/h6,8H,1-5,7H2. The van der Waals surface area contributed by atoms with Gasteiger partial charge in [-0.25, -0.2) is 0 Å². The lowest BCUT2D eigenvalue weighted by Gasteiger charge is -2.08. The molecule has 1 fully saturated rings. The number of alkyl halides is 3. The topological polar surface area (TPSA) is 27.1 Å². The highest BCUT2D eigenvalue weighted by atomic mass is 127. The monoisotopic (exact) mass is 374 g/mol. The van der Waals surface area contributed by atoms with Crippen molar-refractivity contribution in [1.82, 2.24) is 9.78 Å². The molecular weight excluding hydrogens is 360 g/mol. The van der Waals surface area contributed by atoms with Crippen molar-refractivity contribution >= 4 is 22.6 Å². The normalized spacial score (nSPS) is 17.3. The van der Waals surface area contributed by atoms with Crippen molar-refractivity contribution in [3.63, 3.8) is 0 Å². The molecule has 1 aliphatic rings. The van der Waals surface area contributed by atoms with Gasteiger partial charge in [0, 0.05) is 12.7 Å². The second-order valence-electron chi connectivity index (χ2n) is 4.56. The molecule has 0 spiro atoms. The van der Waals surface area contributed by atoms with Gasteiger partial charge >= 0.3 is 6.18 Å². The zero-order valence-electron chi connectivity index (χ0n) is 9.71. The van der Waals surface area contributed by atoms with Gasteiger partial charge in [-0.2, -0.15) is 13.2 Å². The Kier molecular flexibility index (Phi) is 4.39. The molecule has 0 aromatic carbocycles. The highest BCUT2D eigenvalue weighted by molar-refractivity contribution is 14.1. The average molecular weight is 374 g/mol. The maximum atomic E-state index is 12.0. The van der Waals surface area contributed by atoms with Crippen LogP contribution in [0.1, 0.15) is 25.7 Å². The van der Waals surface area contributed by atoms with E-state index >= 15 is 0 Å². The summed E-state index contributed by atoms with van der Waals surface area (Å²) < 4.78 is 43.1. The van der Waals surface area contributed by atoms with Gasteiger partial charge in [0.05, 0.1) is 3.57 Å². The molecule has 0 N–H and O–H groups in total. The molecule has 0 radical (unpaired) electrons. The zero-order valence-corrected chi connectivity index (χ0v) is 11.9. The Morgan fingerprint density at radius 1 is 1.39 bits per heavy atom. The van der Waals surface area contributed by atoms with E-state index in [0.717, 1.165) is 6.54 Å². The predicted octanol–water partition coefficient (Wildman–Crippen LogP) is 3.62. The zero-order chi connectivity index (χ0) is 13.2. The Balaban J connectivity index is 1.93. The molecule has 7 heteroatoms. The summed E-state index contributed by atoms with van der Waals surface area (Å²) in [5.41, 5.74) is 0. The fraction of sp³-hybridized carbons (Fsp3) is 0.727. The number of hydrogen-bond donors (Lipinski definition) is 0. The van der Waals surface area contributed by atoms with Crippen molar-refractivity contribution in [3.8, 4) is 5.88 Å². The molecule has 1 aromatic rings. The molecule has 1 heterocycles. The molecule has 0 saturated heterocycles. The molecular formula is C11H14F3IN2O. The van der Waals surface area contributed by atoms with E-state index in [1.807, 2.05) is 22.6 Å². The van der Waals surface area contributed by atoms with Crippen LogP contribution in [0.15, 0.2) is 6.20 Å². The summed E-state index contributed by atoms with van der Waals surface area (Å²) in [6.45, 7) is -0.519. The van der Waals surface area contributed by atoms with Crippen LogP contribution in [0.4, 0.5) is 13.2 Å². The molecule has 3 nitrogen and oxygen atoms in total. The largest absolute Gasteiger partial charge is 0.466 e. The quantitative estimate of drug-likeness (QED) is 0.753. The highest BCUT2D eigenvalue weighted by Gasteiger charge is 2.29. The molecule has 1 aliphatic carbocycles. The fourth-order valence-corrected chi connectivity index (χ4v) is 2.76. The summed E-state index contributed by atoms with van der Waals surface area (Å²) in [7, 11) is 0. The number of rotatable bonds is 4. The summed E-state index contributed by atoms with van der Waals surface area (Å²) in [4.78, 5) is 0. The van der Waals surface area contributed by atoms with Crippen LogP contribution in [-0.2, 0) is 6.54 Å². The van der Waals surface area contributed by atoms with Crippen LogP contribution in [0, 0.1) is 9.49 Å². The number of nitrogens with zero attached hydrogens (tertiary/aromatic N) is 2. The van der Waals surface area contributed by atoms with E-state index in [9.17, 15) is 13.2 Å². The van der Waals surface area contributed by atoms with Crippen molar-refractivity contribution in [1.29, 1.82) is 0 Å². The van der Waals surface area contributed by atoms with Crippen LogP contribution in [0.3, 0.4) is 0 Å². The van der Waals surface area contributed by atoms with Gasteiger partial charge in [0.2, 0.25) is 5.88 Å². The summed E-state index contributed by atoms with van der Waals surface area (Å²) in [5, 5.41) is 4.06. The molecule has 0 unspecified atom stereocenters. The van der Waals surface area contributed by atoms with Crippen LogP contribution >= 0.6 is 22.6 Å². The van der Waals surface area contributed by atoms with E-state index in [0.29, 0.717) is 9.49 Å². The molecule has 18 heavy (non-hydrogen) atoms. The van der Waals surface area contributed by atoms with Crippen LogP contribution in [0.5, 0.6) is 5.88 Å². The minimum absolute atomic E-state index is 0.0749. The minimum Gasteiger partial charge on any atom is -0.466 e. The van der Waals surface area contributed by atoms with Crippen LogP contribution < -0.4 is 4.74 Å². The first-order valence-corrected chi connectivity index (χ1v) is 6.94. The molecule has 0 bridgehead atoms. The maximum Gasteiger partial charge on any atom is 0.422 e. The van der Waals surface area contributed by atoms with Crippen molar-refractivity contribution < 1.29 is 17.9 Å². The molecule has 0 aliphatic heterocycles. The molecule has 2 rings (SSSR count). The van der Waals surface area contributed by atoms with E-state index < -0.39 is 12.8 Å². The van der Waals surface area contributed by atoms with Gasteiger partial charge in [-0.3, -0.25) is 4.68 Å². The van der Waals surface area contributed by atoms with E-state index in [4.69, 9.17) is 0 Å². The highest BCUT2D eigenvalue weighted by Crippen LogP contribution is 2.27. The van der Waals surface area contributed by atoms with Crippen molar-refractivity contribution in [2.45, 2.75) is 38.4 Å². The van der Waals surface area contributed by atoms with Crippen molar-refractivity contribution in [2.24, 2.45) is 5.92 Å². The predicted molar refractivity (Wildman–Crippen MR) is 68.5 cm³/mol. The Morgan fingerprint density at radius 2 is 2.06 bits per heavy atom. The number of aromatic nitrogens is 2. The van der Waals surface area contributed by atoms with E-state index in [-0.39, 0.29) is 5.88 Å². The number of hydrogen-bond acceptors (Lipinski definition) is 2. The number of ether oxygens (including phenoxy) is 1. The summed E-state index contributed by atoms with van der Waals surface area (Å²) in [5.74, 6) is 0.669. The lowest BCUT2D eigenvalue weighted by atomic mass is 10.1. The maximum absolute atomic E-state index is 12.0. The van der Waals surface area contributed by atoms with Gasteiger partial charge in [-0.15, -0.1) is 5.10 Å². The Morgan fingerprint density at radius 3 is 2.67 bits per heavy atom. The molecule has 1 saturated carbocycles. The molecule has 102 valence electrons. The minimum atomic E-state index is -4.32. The second-order valence-corrected chi connectivity index (χ2v) is 5.72. The first-order valence-electron chi connectivity index (χ1n) is 5.86. The van der Waals surface area contributed by atoms with Crippen molar-refractivity contribution in [2.75, 3.05) is 6.61 Å². The van der Waals surface area contributed by atoms with E-state index in [1.165, 1.54) is 25.7 Å². The Labute approximate surface area is 117 Å². The fourth-order valence-electron chi connectivity index (χ4n) is 2.18. The van der Waals surface area contributed by atoms with Gasteiger partial charge in [0.25, 0.3) is 0 Å². The molecule has 1 aromatic heterocycles. The second kappa shape index (κ2) is 5.66. The lowest BCUT2D eigenvalue weighted by molar-refractivity contribution is -0.154. The van der Waals surface area contributed by atoms with Crippen LogP contribution in [0.25, 0.3) is 0 Å². The van der Waals surface area contributed by atoms with Gasteiger partial charge in [0.15, 0.2) is 6.61 Å². The third-order valence-electron chi connectivity index (χ3n) is 2.98. The Bertz CT molecular complexity index is 399. The third-order valence-corrected chi connectivity index (χ3v) is 3.72. The smallest absolute Gasteiger partial charge is 0.422 e. The Hall–Kier alpha value is -0.470. The van der Waals surface area contributed by atoms with Crippen LogP contribution in [-0.4, -0.2) is 22.6 Å². The van der Waals surface area contributed by atoms with Crippen LogP contribution in [0.2, 0.25) is 0 Å². The SMILES string of the molecule is FC(F)(F)COc1nn(CC2CCCC2)cc1I.